The van der Waals surface area contributed by atoms with Gasteiger partial charge in [-0.25, -0.2) is 18.2 Å². The second-order valence-corrected chi connectivity index (χ2v) is 11.5. The van der Waals surface area contributed by atoms with Crippen LogP contribution in [-0.4, -0.2) is 44.1 Å². The van der Waals surface area contributed by atoms with Crippen LogP contribution in [0, 0.1) is 5.95 Å². The Kier molecular flexibility index (Phi) is 7.08. The van der Waals surface area contributed by atoms with Crippen LogP contribution in [0.4, 0.5) is 9.18 Å². The van der Waals surface area contributed by atoms with Crippen LogP contribution in [-0.2, 0) is 21.2 Å². The maximum absolute atomic E-state index is 14.5. The predicted octanol–water partition coefficient (Wildman–Crippen LogP) is 5.16. The molecule has 0 atom stereocenters. The zero-order valence-electron chi connectivity index (χ0n) is 19.0. The van der Waals surface area contributed by atoms with Crippen molar-refractivity contribution in [3.8, 4) is 16.9 Å². The van der Waals surface area contributed by atoms with Gasteiger partial charge >= 0.3 is 6.09 Å². The molecule has 0 N–H and O–H groups in total. The second-order valence-electron chi connectivity index (χ2n) is 8.22. The second kappa shape index (κ2) is 9.48. The first-order valence-corrected chi connectivity index (χ1v) is 12.3. The third-order valence-corrected chi connectivity index (χ3v) is 8.41. The van der Waals surface area contributed by atoms with Gasteiger partial charge in [-0.15, -0.1) is 11.3 Å². The minimum Gasteiger partial charge on any atom is -0.497 e. The van der Waals surface area contributed by atoms with Crippen LogP contribution in [0.5, 0.6) is 5.75 Å². The Morgan fingerprint density at radius 2 is 1.88 bits per heavy atom. The van der Waals surface area contributed by atoms with E-state index in [9.17, 15) is 17.6 Å². The molecule has 0 radical (unpaired) electrons. The Balaban J connectivity index is 2.04. The molecule has 10 heteroatoms. The fourth-order valence-corrected chi connectivity index (χ4v) is 5.91. The van der Waals surface area contributed by atoms with E-state index in [0.29, 0.717) is 10.6 Å². The zero-order valence-corrected chi connectivity index (χ0v) is 20.6. The molecular formula is C23H25FN2O5S2. The van der Waals surface area contributed by atoms with Gasteiger partial charge in [-0.3, -0.25) is 0 Å². The van der Waals surface area contributed by atoms with Crippen molar-refractivity contribution in [3.63, 3.8) is 0 Å². The zero-order chi connectivity index (χ0) is 24.4. The molecule has 0 aliphatic carbocycles. The highest BCUT2D eigenvalue weighted by atomic mass is 32.2. The molecule has 0 aliphatic heterocycles. The smallest absolute Gasteiger partial charge is 0.410 e. The molecule has 0 saturated carbocycles. The maximum atomic E-state index is 14.5. The lowest BCUT2D eigenvalue weighted by Gasteiger charge is -2.30. The summed E-state index contributed by atoms with van der Waals surface area (Å²) in [5, 5.41) is 0. The Labute approximate surface area is 196 Å². The number of ether oxygens (including phenoxy) is 2. The summed E-state index contributed by atoms with van der Waals surface area (Å²) in [5.41, 5.74) is -0.250. The molecule has 176 valence electrons. The van der Waals surface area contributed by atoms with E-state index in [2.05, 4.69) is 4.98 Å². The van der Waals surface area contributed by atoms with Crippen LogP contribution < -0.4 is 4.74 Å². The minimum atomic E-state index is -4.03. The Hall–Kier alpha value is -2.98. The molecule has 0 unspecified atom stereocenters. The first kappa shape index (κ1) is 24.7. The number of benzene rings is 1. The molecule has 0 bridgehead atoms. The van der Waals surface area contributed by atoms with Crippen LogP contribution >= 0.6 is 11.3 Å². The summed E-state index contributed by atoms with van der Waals surface area (Å²) in [4.78, 5) is 17.9. The number of pyridine rings is 1. The van der Waals surface area contributed by atoms with Gasteiger partial charge in [-0.1, -0.05) is 6.07 Å². The molecule has 0 saturated heterocycles. The van der Waals surface area contributed by atoms with E-state index in [4.69, 9.17) is 9.47 Å². The normalized spacial score (nSPS) is 11.8. The highest BCUT2D eigenvalue weighted by molar-refractivity contribution is 7.93. The first-order chi connectivity index (χ1) is 15.4. The number of aromatic nitrogens is 1. The van der Waals surface area contributed by atoms with Gasteiger partial charge in [0, 0.05) is 34.8 Å². The van der Waals surface area contributed by atoms with Gasteiger partial charge in [0.1, 0.15) is 16.6 Å². The number of rotatable bonds is 6. The van der Waals surface area contributed by atoms with Crippen LogP contribution in [0.15, 0.2) is 57.8 Å². The summed E-state index contributed by atoms with van der Waals surface area (Å²) in [6.07, 6.45) is 0.731. The van der Waals surface area contributed by atoms with Crippen molar-refractivity contribution in [3.05, 3.63) is 59.5 Å². The number of halogens is 1. The molecule has 2 heterocycles. The summed E-state index contributed by atoms with van der Waals surface area (Å²) in [6.45, 7) is 5.43. The standard InChI is InChI=1S/C23H25FN2O5S2/c1-23(2,3)26(4)22(27)31-14-16-13-19(18-10-7-11-25-20(18)24)21(32-16)33(28,29)17-9-6-8-15(12-17)30-5/h6-13H,14H2,1-5H3. The van der Waals surface area contributed by atoms with Gasteiger partial charge in [0.25, 0.3) is 0 Å². The molecule has 33 heavy (non-hydrogen) atoms. The van der Waals surface area contributed by atoms with Crippen molar-refractivity contribution >= 4 is 27.3 Å². The summed E-state index contributed by atoms with van der Waals surface area (Å²) in [5.74, 6) is -0.422. The van der Waals surface area contributed by atoms with Gasteiger partial charge in [0.2, 0.25) is 15.8 Å². The molecule has 1 amide bonds. The highest BCUT2D eigenvalue weighted by Crippen LogP contribution is 2.39. The van der Waals surface area contributed by atoms with Crippen LogP contribution in [0.3, 0.4) is 0 Å². The van der Waals surface area contributed by atoms with Crippen LogP contribution in [0.1, 0.15) is 25.6 Å². The molecule has 3 aromatic rings. The summed E-state index contributed by atoms with van der Waals surface area (Å²) in [7, 11) is -0.975. The highest BCUT2D eigenvalue weighted by Gasteiger charge is 2.28. The van der Waals surface area contributed by atoms with Crippen LogP contribution in [0.2, 0.25) is 0 Å². The van der Waals surface area contributed by atoms with Crippen molar-refractivity contribution in [2.75, 3.05) is 14.2 Å². The van der Waals surface area contributed by atoms with E-state index in [1.165, 1.54) is 48.5 Å². The number of nitrogens with zero attached hydrogens (tertiary/aromatic N) is 2. The fourth-order valence-electron chi connectivity index (χ4n) is 2.85. The van der Waals surface area contributed by atoms with Crippen molar-refractivity contribution in [2.45, 2.75) is 42.0 Å². The van der Waals surface area contributed by atoms with E-state index in [-0.39, 0.29) is 26.8 Å². The molecule has 0 spiro atoms. The lowest BCUT2D eigenvalue weighted by atomic mass is 10.1. The predicted molar refractivity (Wildman–Crippen MR) is 124 cm³/mol. The topological polar surface area (TPSA) is 85.8 Å². The van der Waals surface area contributed by atoms with E-state index >= 15 is 0 Å². The average Bonchev–Trinajstić information content (AvgIpc) is 3.21. The van der Waals surface area contributed by atoms with E-state index in [1.807, 2.05) is 20.8 Å². The van der Waals surface area contributed by atoms with Gasteiger partial charge in [0.05, 0.1) is 12.0 Å². The average molecular weight is 493 g/mol. The van der Waals surface area contributed by atoms with Crippen LogP contribution in [0.25, 0.3) is 11.1 Å². The van der Waals surface area contributed by atoms with E-state index in [0.717, 1.165) is 11.3 Å². The number of thiophene rings is 1. The third kappa shape index (κ3) is 5.33. The van der Waals surface area contributed by atoms with E-state index in [1.54, 1.807) is 19.2 Å². The summed E-state index contributed by atoms with van der Waals surface area (Å²) < 4.78 is 52.0. The van der Waals surface area contributed by atoms with Crippen molar-refractivity contribution in [2.24, 2.45) is 0 Å². The lowest BCUT2D eigenvalue weighted by molar-refractivity contribution is 0.0767. The summed E-state index contributed by atoms with van der Waals surface area (Å²) >= 11 is 0.921. The number of carbonyl (C=O) groups is 1. The molecule has 0 aliphatic rings. The first-order valence-electron chi connectivity index (χ1n) is 9.98. The number of hydrogen-bond acceptors (Lipinski definition) is 7. The largest absolute Gasteiger partial charge is 0.497 e. The molecule has 0 fully saturated rings. The minimum absolute atomic E-state index is 0.00487. The van der Waals surface area contributed by atoms with Gasteiger partial charge < -0.3 is 14.4 Å². The third-order valence-electron chi connectivity index (χ3n) is 5.01. The molecule has 2 aromatic heterocycles. The number of sulfone groups is 1. The lowest BCUT2D eigenvalue weighted by Crippen LogP contribution is -2.42. The van der Waals surface area contributed by atoms with Gasteiger partial charge in [0.15, 0.2) is 0 Å². The molecular weight excluding hydrogens is 467 g/mol. The van der Waals surface area contributed by atoms with Crippen molar-refractivity contribution < 1.29 is 27.1 Å². The molecule has 3 rings (SSSR count). The monoisotopic (exact) mass is 492 g/mol. The number of amides is 1. The summed E-state index contributed by atoms with van der Waals surface area (Å²) in [6, 6.07) is 10.5. The van der Waals surface area contributed by atoms with Crippen molar-refractivity contribution in [1.82, 2.24) is 9.88 Å². The Bertz CT molecular complexity index is 1270. The SMILES string of the molecule is COc1cccc(S(=O)(=O)c2sc(COC(=O)N(C)C(C)(C)C)cc2-c2cccnc2F)c1. The molecule has 1 aromatic carbocycles. The van der Waals surface area contributed by atoms with E-state index < -0.39 is 27.4 Å². The number of hydrogen-bond donors (Lipinski definition) is 0. The maximum Gasteiger partial charge on any atom is 0.410 e. The van der Waals surface area contributed by atoms with Crippen molar-refractivity contribution in [1.29, 1.82) is 0 Å². The Morgan fingerprint density at radius 3 is 2.52 bits per heavy atom. The van der Waals surface area contributed by atoms with Gasteiger partial charge in [-0.2, -0.15) is 4.39 Å². The Morgan fingerprint density at radius 1 is 1.15 bits per heavy atom. The van der Waals surface area contributed by atoms with Gasteiger partial charge in [-0.05, 0) is 57.2 Å². The fraction of sp³-hybridized carbons (Fsp3) is 0.304. The molecule has 7 nitrogen and oxygen atoms in total. The number of methoxy groups -OCH3 is 1. The number of carbonyl (C=O) groups excluding carboxylic acids is 1. The quantitative estimate of drug-likeness (QED) is 0.442.